The Hall–Kier alpha value is -1.69. The summed E-state index contributed by atoms with van der Waals surface area (Å²) in [6, 6.07) is 0. The number of ether oxygens (including phenoxy) is 2. The highest BCUT2D eigenvalue weighted by atomic mass is 16.5. The second kappa shape index (κ2) is 4.52. The predicted octanol–water partition coefficient (Wildman–Crippen LogP) is -0.274. The van der Waals surface area contributed by atoms with E-state index >= 15 is 0 Å². The third-order valence-corrected chi connectivity index (χ3v) is 1.56. The van der Waals surface area contributed by atoms with E-state index in [9.17, 15) is 9.90 Å². The highest BCUT2D eigenvalue weighted by Crippen LogP contribution is 2.21. The monoisotopic (exact) mass is 198 g/mol. The maximum absolute atomic E-state index is 10.3. The molecule has 0 bridgehead atoms. The predicted molar refractivity (Wildman–Crippen MR) is 46.2 cm³/mol. The van der Waals surface area contributed by atoms with Gasteiger partial charge in [-0.25, -0.2) is 4.98 Å². The van der Waals surface area contributed by atoms with Crippen LogP contribution in [0.15, 0.2) is 6.20 Å². The number of rotatable bonds is 4. The van der Waals surface area contributed by atoms with E-state index in [4.69, 9.17) is 9.47 Å². The first-order valence-electron chi connectivity index (χ1n) is 3.81. The second-order valence-corrected chi connectivity index (χ2v) is 2.39. The fourth-order valence-corrected chi connectivity index (χ4v) is 0.882. The van der Waals surface area contributed by atoms with Crippen LogP contribution in [0, 0.1) is 0 Å². The molecule has 0 aliphatic rings. The number of aromatic nitrogens is 2. The molecule has 1 atom stereocenters. The van der Waals surface area contributed by atoms with Crippen LogP contribution in [0.5, 0.6) is 11.8 Å². The third-order valence-electron chi connectivity index (χ3n) is 1.56. The zero-order chi connectivity index (χ0) is 10.6. The summed E-state index contributed by atoms with van der Waals surface area (Å²) in [6.07, 6.45) is 0.312. The summed E-state index contributed by atoms with van der Waals surface area (Å²) in [4.78, 5) is 18.0. The summed E-state index contributed by atoms with van der Waals surface area (Å²) in [7, 11) is 2.80. The molecule has 0 saturated carbocycles. The first-order chi connectivity index (χ1) is 6.72. The molecule has 0 aromatic carbocycles. The summed E-state index contributed by atoms with van der Waals surface area (Å²) in [6.45, 7) is 0. The summed E-state index contributed by atoms with van der Waals surface area (Å²) < 4.78 is 9.64. The lowest BCUT2D eigenvalue weighted by molar-refractivity contribution is -0.115. The number of aldehydes is 1. The molecule has 0 amide bonds. The normalized spacial score (nSPS) is 11.9. The topological polar surface area (TPSA) is 81.5 Å². The highest BCUT2D eigenvalue weighted by Gasteiger charge is 2.16. The van der Waals surface area contributed by atoms with Gasteiger partial charge in [0, 0.05) is 0 Å². The first-order valence-corrected chi connectivity index (χ1v) is 3.81. The average Bonchev–Trinajstić information content (AvgIpc) is 2.27. The van der Waals surface area contributed by atoms with Crippen LogP contribution in [0.3, 0.4) is 0 Å². The van der Waals surface area contributed by atoms with Gasteiger partial charge in [-0.1, -0.05) is 0 Å². The van der Waals surface area contributed by atoms with E-state index in [0.29, 0.717) is 6.29 Å². The van der Waals surface area contributed by atoms with Crippen LogP contribution in [-0.2, 0) is 4.79 Å². The Labute approximate surface area is 80.5 Å². The minimum absolute atomic E-state index is 0.0725. The van der Waals surface area contributed by atoms with Crippen LogP contribution in [-0.4, -0.2) is 35.6 Å². The number of methoxy groups -OCH3 is 2. The van der Waals surface area contributed by atoms with E-state index in [1.807, 2.05) is 0 Å². The molecule has 14 heavy (non-hydrogen) atoms. The van der Waals surface area contributed by atoms with Crippen molar-refractivity contribution in [2.75, 3.05) is 14.2 Å². The van der Waals surface area contributed by atoms with Crippen molar-refractivity contribution in [1.29, 1.82) is 0 Å². The van der Waals surface area contributed by atoms with E-state index in [1.165, 1.54) is 20.4 Å². The minimum atomic E-state index is -1.33. The van der Waals surface area contributed by atoms with Gasteiger partial charge in [-0.05, 0) is 0 Å². The number of carbonyl (C=O) groups excluding carboxylic acids is 1. The lowest BCUT2D eigenvalue weighted by atomic mass is 10.3. The van der Waals surface area contributed by atoms with Crippen molar-refractivity contribution in [3.05, 3.63) is 11.9 Å². The molecule has 76 valence electrons. The van der Waals surface area contributed by atoms with Crippen molar-refractivity contribution < 1.29 is 19.4 Å². The lowest BCUT2D eigenvalue weighted by Crippen LogP contribution is -2.06. The van der Waals surface area contributed by atoms with E-state index in [1.54, 1.807) is 0 Å². The second-order valence-electron chi connectivity index (χ2n) is 2.39. The molecule has 0 aliphatic heterocycles. The van der Waals surface area contributed by atoms with Gasteiger partial charge >= 0.3 is 0 Å². The molecule has 1 aromatic heterocycles. The summed E-state index contributed by atoms with van der Waals surface area (Å²) in [5.74, 6) is 0.327. The molecule has 0 spiro atoms. The molecule has 1 heterocycles. The molecule has 0 radical (unpaired) electrons. The molecule has 0 fully saturated rings. The molecule has 0 aliphatic carbocycles. The van der Waals surface area contributed by atoms with Gasteiger partial charge in [0.2, 0.25) is 11.8 Å². The van der Waals surface area contributed by atoms with Crippen LogP contribution in [0.4, 0.5) is 0 Å². The summed E-state index contributed by atoms with van der Waals surface area (Å²) >= 11 is 0. The van der Waals surface area contributed by atoms with Gasteiger partial charge in [0.05, 0.1) is 20.4 Å². The molecule has 1 unspecified atom stereocenters. The smallest absolute Gasteiger partial charge is 0.241 e. The van der Waals surface area contributed by atoms with Crippen molar-refractivity contribution in [2.24, 2.45) is 0 Å². The summed E-state index contributed by atoms with van der Waals surface area (Å²) in [5.41, 5.74) is 0.0725. The van der Waals surface area contributed by atoms with Crippen molar-refractivity contribution in [3.8, 4) is 11.8 Å². The maximum Gasteiger partial charge on any atom is 0.241 e. The number of aliphatic hydroxyl groups is 1. The van der Waals surface area contributed by atoms with Crippen molar-refractivity contribution in [3.63, 3.8) is 0 Å². The molecular weight excluding hydrogens is 188 g/mol. The Balaban J connectivity index is 3.10. The molecule has 6 nitrogen and oxygen atoms in total. The Bertz CT molecular complexity index is 329. The maximum atomic E-state index is 10.3. The number of hydrogen-bond donors (Lipinski definition) is 1. The standard InChI is InChI=1S/C8H10N2O4/c1-13-6-3-9-7(5(12)4-11)8(10-6)14-2/h3-5,12H,1-2H3. The highest BCUT2D eigenvalue weighted by molar-refractivity contribution is 5.59. The van der Waals surface area contributed by atoms with E-state index < -0.39 is 6.10 Å². The molecule has 6 heteroatoms. The molecule has 1 rings (SSSR count). The van der Waals surface area contributed by atoms with Crippen molar-refractivity contribution in [2.45, 2.75) is 6.10 Å². The van der Waals surface area contributed by atoms with Gasteiger partial charge in [-0.2, -0.15) is 4.98 Å². The van der Waals surface area contributed by atoms with Gasteiger partial charge in [0.25, 0.3) is 0 Å². The molecule has 0 saturated heterocycles. The lowest BCUT2D eigenvalue weighted by Gasteiger charge is -2.08. The van der Waals surface area contributed by atoms with E-state index in [0.717, 1.165) is 0 Å². The van der Waals surface area contributed by atoms with Gasteiger partial charge in [-0.3, -0.25) is 0 Å². The quantitative estimate of drug-likeness (QED) is 0.670. The van der Waals surface area contributed by atoms with Crippen LogP contribution in [0.25, 0.3) is 0 Å². The van der Waals surface area contributed by atoms with Crippen molar-refractivity contribution >= 4 is 6.29 Å². The van der Waals surface area contributed by atoms with Gasteiger partial charge < -0.3 is 19.4 Å². The number of carbonyl (C=O) groups is 1. The Morgan fingerprint density at radius 1 is 1.50 bits per heavy atom. The van der Waals surface area contributed by atoms with E-state index in [2.05, 4.69) is 9.97 Å². The van der Waals surface area contributed by atoms with Crippen LogP contribution in [0.2, 0.25) is 0 Å². The van der Waals surface area contributed by atoms with Crippen LogP contribution < -0.4 is 9.47 Å². The number of nitrogens with zero attached hydrogens (tertiary/aromatic N) is 2. The van der Waals surface area contributed by atoms with Gasteiger partial charge in [-0.15, -0.1) is 0 Å². The fraction of sp³-hybridized carbons (Fsp3) is 0.375. The molecule has 1 aromatic rings. The Morgan fingerprint density at radius 2 is 2.21 bits per heavy atom. The summed E-state index contributed by atoms with van der Waals surface area (Å²) in [5, 5.41) is 9.21. The Morgan fingerprint density at radius 3 is 2.71 bits per heavy atom. The van der Waals surface area contributed by atoms with Crippen molar-refractivity contribution in [1.82, 2.24) is 9.97 Å². The first kappa shape index (κ1) is 10.4. The Kier molecular flexibility index (Phi) is 3.35. The number of hydrogen-bond acceptors (Lipinski definition) is 6. The van der Waals surface area contributed by atoms with Gasteiger partial charge in [0.1, 0.15) is 5.69 Å². The molecular formula is C8H10N2O4. The van der Waals surface area contributed by atoms with Crippen LogP contribution in [0.1, 0.15) is 11.8 Å². The molecule has 1 N–H and O–H groups in total. The largest absolute Gasteiger partial charge is 0.480 e. The number of aliphatic hydroxyl groups excluding tert-OH is 1. The minimum Gasteiger partial charge on any atom is -0.480 e. The third kappa shape index (κ3) is 1.97. The zero-order valence-corrected chi connectivity index (χ0v) is 7.80. The SMILES string of the molecule is COc1cnc(C(O)C=O)c(OC)n1. The van der Waals surface area contributed by atoms with Crippen LogP contribution >= 0.6 is 0 Å². The average molecular weight is 198 g/mol. The van der Waals surface area contributed by atoms with Gasteiger partial charge in [0.15, 0.2) is 12.4 Å². The fourth-order valence-electron chi connectivity index (χ4n) is 0.882. The van der Waals surface area contributed by atoms with E-state index in [-0.39, 0.29) is 17.5 Å². The zero-order valence-electron chi connectivity index (χ0n) is 7.80.